The van der Waals surface area contributed by atoms with Crippen LogP contribution in [0.15, 0.2) is 48.7 Å². The highest BCUT2D eigenvalue weighted by Crippen LogP contribution is 2.33. The van der Waals surface area contributed by atoms with Gasteiger partial charge in [0.25, 0.3) is 0 Å². The lowest BCUT2D eigenvalue weighted by Crippen LogP contribution is -1.99. The van der Waals surface area contributed by atoms with Crippen molar-refractivity contribution in [1.29, 1.82) is 0 Å². The Morgan fingerprint density at radius 3 is 2.52 bits per heavy atom. The summed E-state index contributed by atoms with van der Waals surface area (Å²) in [4.78, 5) is 20.8. The summed E-state index contributed by atoms with van der Waals surface area (Å²) in [6, 6.07) is 13.6. The van der Waals surface area contributed by atoms with Gasteiger partial charge in [-0.1, -0.05) is 35.9 Å². The highest BCUT2D eigenvalue weighted by Gasteiger charge is 2.17. The number of rotatable bonds is 4. The molecule has 0 radical (unpaired) electrons. The number of hydrogen-bond acceptors (Lipinski definition) is 4. The number of benzene rings is 1. The number of aromatic nitrogens is 2. The lowest BCUT2D eigenvalue weighted by atomic mass is 10.1. The molecule has 1 aromatic carbocycles. The lowest BCUT2D eigenvalue weighted by Gasteiger charge is -2.01. The van der Waals surface area contributed by atoms with Gasteiger partial charge in [0, 0.05) is 16.6 Å². The van der Waals surface area contributed by atoms with Crippen LogP contribution in [0.3, 0.4) is 0 Å². The second-order valence-electron chi connectivity index (χ2n) is 4.94. The Morgan fingerprint density at radius 2 is 1.91 bits per heavy atom. The molecule has 0 amide bonds. The molecule has 0 aliphatic heterocycles. The summed E-state index contributed by atoms with van der Waals surface area (Å²) in [7, 11) is 0. The fraction of sp³-hybridized carbons (Fsp3) is 0.118. The van der Waals surface area contributed by atoms with E-state index in [1.54, 1.807) is 6.20 Å². The van der Waals surface area contributed by atoms with Gasteiger partial charge >= 0.3 is 5.97 Å². The molecule has 118 valence electrons. The summed E-state index contributed by atoms with van der Waals surface area (Å²) >= 11 is 1.39. The Hall–Kier alpha value is -2.05. The molecule has 6 heteroatoms. The molecule has 23 heavy (non-hydrogen) atoms. The maximum Gasteiger partial charge on any atom is 0.308 e. The average molecular weight is 391 g/mol. The first-order chi connectivity index (χ1) is 10.6. The van der Waals surface area contributed by atoms with E-state index < -0.39 is 5.97 Å². The number of halogens is 1. The highest BCUT2D eigenvalue weighted by atomic mass is 79.9. The zero-order valence-corrected chi connectivity index (χ0v) is 14.9. The highest BCUT2D eigenvalue weighted by molar-refractivity contribution is 8.93. The van der Waals surface area contributed by atoms with E-state index in [0.717, 1.165) is 32.4 Å². The van der Waals surface area contributed by atoms with Gasteiger partial charge in [-0.2, -0.15) is 0 Å². The molecule has 3 rings (SSSR count). The van der Waals surface area contributed by atoms with Gasteiger partial charge in [0.05, 0.1) is 17.8 Å². The van der Waals surface area contributed by atoms with E-state index >= 15 is 0 Å². The van der Waals surface area contributed by atoms with Gasteiger partial charge in [-0.05, 0) is 19.1 Å². The van der Waals surface area contributed by atoms with Crippen molar-refractivity contribution in [2.75, 3.05) is 0 Å². The van der Waals surface area contributed by atoms with Gasteiger partial charge in [0.2, 0.25) is 0 Å². The smallest absolute Gasteiger partial charge is 0.308 e. The molecule has 0 unspecified atom stereocenters. The maximum atomic E-state index is 11.1. The van der Waals surface area contributed by atoms with Gasteiger partial charge < -0.3 is 5.11 Å². The summed E-state index contributed by atoms with van der Waals surface area (Å²) in [6.45, 7) is 2.02. The molecule has 2 aromatic heterocycles. The maximum absolute atomic E-state index is 11.1. The molecule has 0 fully saturated rings. The standard InChI is InChI=1S/C17H14N2O2S.BrH/c1-11-5-7-12(8-6-11)16-14(10-15(20)21)22-17(19-16)13-4-2-3-9-18-13;/h2-9H,10H2,1H3,(H,20,21);1H. The van der Waals surface area contributed by atoms with Gasteiger partial charge in [0.15, 0.2) is 0 Å². The SMILES string of the molecule is Br.Cc1ccc(-c2nc(-c3ccccn3)sc2CC(=O)O)cc1. The number of carbonyl (C=O) groups is 1. The molecule has 0 saturated heterocycles. The number of carboxylic acid groups (broad SMARTS) is 1. The fourth-order valence-electron chi connectivity index (χ4n) is 2.14. The van der Waals surface area contributed by atoms with E-state index in [2.05, 4.69) is 9.97 Å². The monoisotopic (exact) mass is 390 g/mol. The van der Waals surface area contributed by atoms with Crippen LogP contribution in [0, 0.1) is 6.92 Å². The molecule has 1 N–H and O–H groups in total. The number of nitrogens with zero attached hydrogens (tertiary/aromatic N) is 2. The Labute approximate surface area is 148 Å². The Bertz CT molecular complexity index is 801. The van der Waals surface area contributed by atoms with Gasteiger partial charge in [-0.15, -0.1) is 28.3 Å². The van der Waals surface area contributed by atoms with Crippen LogP contribution in [0.1, 0.15) is 10.4 Å². The predicted molar refractivity (Wildman–Crippen MR) is 97.2 cm³/mol. The van der Waals surface area contributed by atoms with E-state index in [4.69, 9.17) is 5.11 Å². The van der Waals surface area contributed by atoms with Crippen LogP contribution in [0.2, 0.25) is 0 Å². The summed E-state index contributed by atoms with van der Waals surface area (Å²) in [5.41, 5.74) is 3.58. The number of aryl methyl sites for hydroxylation is 1. The number of carboxylic acids is 1. The van der Waals surface area contributed by atoms with Gasteiger partial charge in [-0.3, -0.25) is 9.78 Å². The predicted octanol–water partition coefficient (Wildman–Crippen LogP) is 4.39. The van der Waals surface area contributed by atoms with Crippen molar-refractivity contribution in [2.45, 2.75) is 13.3 Å². The summed E-state index contributed by atoms with van der Waals surface area (Å²) < 4.78 is 0. The minimum absolute atomic E-state index is 0. The van der Waals surface area contributed by atoms with E-state index in [9.17, 15) is 4.79 Å². The fourth-order valence-corrected chi connectivity index (χ4v) is 3.20. The average Bonchev–Trinajstić information content (AvgIpc) is 2.92. The van der Waals surface area contributed by atoms with Crippen molar-refractivity contribution in [1.82, 2.24) is 9.97 Å². The van der Waals surface area contributed by atoms with Crippen LogP contribution in [-0.4, -0.2) is 21.0 Å². The third kappa shape index (κ3) is 4.03. The number of hydrogen-bond donors (Lipinski definition) is 1. The molecule has 0 spiro atoms. The lowest BCUT2D eigenvalue weighted by molar-refractivity contribution is -0.136. The van der Waals surface area contributed by atoms with E-state index in [0.29, 0.717) is 0 Å². The number of thiazole rings is 1. The van der Waals surface area contributed by atoms with E-state index in [1.807, 2.05) is 49.4 Å². The molecule has 0 saturated carbocycles. The molecule has 0 aliphatic rings. The number of pyridine rings is 1. The zero-order valence-electron chi connectivity index (χ0n) is 12.4. The van der Waals surface area contributed by atoms with Crippen molar-refractivity contribution >= 4 is 34.3 Å². The Balaban J connectivity index is 0.00000192. The second-order valence-corrected chi connectivity index (χ2v) is 6.03. The van der Waals surface area contributed by atoms with Gasteiger partial charge in [-0.25, -0.2) is 4.98 Å². The molecule has 0 atom stereocenters. The molecule has 4 nitrogen and oxygen atoms in total. The normalized spacial score (nSPS) is 10.1. The van der Waals surface area contributed by atoms with Crippen LogP contribution in [0.4, 0.5) is 0 Å². The minimum atomic E-state index is -0.857. The molecular weight excluding hydrogens is 376 g/mol. The third-order valence-electron chi connectivity index (χ3n) is 3.22. The topological polar surface area (TPSA) is 63.1 Å². The summed E-state index contributed by atoms with van der Waals surface area (Å²) in [5, 5.41) is 9.87. The second kappa shape index (κ2) is 7.48. The van der Waals surface area contributed by atoms with Crippen LogP contribution in [0.5, 0.6) is 0 Å². The largest absolute Gasteiger partial charge is 0.481 e. The first-order valence-electron chi connectivity index (χ1n) is 6.83. The minimum Gasteiger partial charge on any atom is -0.481 e. The zero-order chi connectivity index (χ0) is 15.5. The van der Waals surface area contributed by atoms with E-state index in [1.165, 1.54) is 11.3 Å². The van der Waals surface area contributed by atoms with Crippen LogP contribution >= 0.6 is 28.3 Å². The Morgan fingerprint density at radius 1 is 1.17 bits per heavy atom. The summed E-state index contributed by atoms with van der Waals surface area (Å²) in [5.74, 6) is -0.857. The molecular formula is C17H15BrN2O2S. The number of aliphatic carboxylic acids is 1. The van der Waals surface area contributed by atoms with Crippen molar-refractivity contribution in [3.05, 3.63) is 59.1 Å². The van der Waals surface area contributed by atoms with Crippen molar-refractivity contribution in [3.8, 4) is 22.0 Å². The Kier molecular flexibility index (Phi) is 5.63. The molecule has 0 aliphatic carbocycles. The molecule has 2 heterocycles. The quantitative estimate of drug-likeness (QED) is 0.717. The van der Waals surface area contributed by atoms with Crippen molar-refractivity contribution in [3.63, 3.8) is 0 Å². The van der Waals surface area contributed by atoms with Crippen LogP contribution < -0.4 is 0 Å². The molecule has 0 bridgehead atoms. The van der Waals surface area contributed by atoms with E-state index in [-0.39, 0.29) is 23.4 Å². The summed E-state index contributed by atoms with van der Waals surface area (Å²) in [6.07, 6.45) is 1.67. The third-order valence-corrected chi connectivity index (χ3v) is 4.30. The van der Waals surface area contributed by atoms with Crippen molar-refractivity contribution in [2.24, 2.45) is 0 Å². The van der Waals surface area contributed by atoms with Crippen LogP contribution in [0.25, 0.3) is 22.0 Å². The first-order valence-corrected chi connectivity index (χ1v) is 7.65. The molecule has 3 aromatic rings. The van der Waals surface area contributed by atoms with Crippen LogP contribution in [-0.2, 0) is 11.2 Å². The van der Waals surface area contributed by atoms with Crippen molar-refractivity contribution < 1.29 is 9.90 Å². The van der Waals surface area contributed by atoms with Gasteiger partial charge in [0.1, 0.15) is 5.01 Å². The first kappa shape index (κ1) is 17.3.